The molecule has 1 aromatic heterocycles. The summed E-state index contributed by atoms with van der Waals surface area (Å²) in [5.41, 5.74) is 5.11. The lowest BCUT2D eigenvalue weighted by Crippen LogP contribution is -2.34. The minimum atomic E-state index is -0.783. The third-order valence-electron chi connectivity index (χ3n) is 2.74. The standard InChI is InChI=1S/C12H19N3O4S/c1-3-4-5-14(7-11(13)17)12-9(15(18)19)6-10(20-12)8(2)16/h6,8,16H,3-5,7H2,1-2H3,(H2,13,17)/t8-/m1/s1. The van der Waals surface area contributed by atoms with Crippen molar-refractivity contribution in [2.75, 3.05) is 18.0 Å². The average molecular weight is 301 g/mol. The molecule has 0 fully saturated rings. The molecule has 0 aliphatic heterocycles. The molecule has 112 valence electrons. The van der Waals surface area contributed by atoms with Gasteiger partial charge < -0.3 is 15.7 Å². The van der Waals surface area contributed by atoms with Crippen LogP contribution in [0.3, 0.4) is 0 Å². The molecule has 3 N–H and O–H groups in total. The number of nitro groups is 1. The van der Waals surface area contributed by atoms with Crippen molar-refractivity contribution >= 4 is 27.9 Å². The van der Waals surface area contributed by atoms with Crippen LogP contribution in [0.15, 0.2) is 6.07 Å². The van der Waals surface area contributed by atoms with Gasteiger partial charge in [0.1, 0.15) is 0 Å². The molecule has 0 aromatic carbocycles. The van der Waals surface area contributed by atoms with Gasteiger partial charge in [0, 0.05) is 17.5 Å². The number of hydrogen-bond donors (Lipinski definition) is 2. The molecule has 0 unspecified atom stereocenters. The van der Waals surface area contributed by atoms with Crippen LogP contribution in [0.5, 0.6) is 0 Å². The summed E-state index contributed by atoms with van der Waals surface area (Å²) >= 11 is 1.12. The van der Waals surface area contributed by atoms with Crippen LogP contribution in [-0.4, -0.2) is 29.0 Å². The Balaban J connectivity index is 3.15. The highest BCUT2D eigenvalue weighted by atomic mass is 32.1. The number of nitrogens with two attached hydrogens (primary N) is 1. The van der Waals surface area contributed by atoms with E-state index in [1.165, 1.54) is 6.07 Å². The Morgan fingerprint density at radius 1 is 1.65 bits per heavy atom. The molecule has 0 saturated heterocycles. The molecule has 20 heavy (non-hydrogen) atoms. The number of amides is 1. The Hall–Kier alpha value is -1.67. The molecule has 8 heteroatoms. The van der Waals surface area contributed by atoms with Crippen molar-refractivity contribution in [2.24, 2.45) is 5.73 Å². The van der Waals surface area contributed by atoms with Crippen LogP contribution in [0.25, 0.3) is 0 Å². The first-order chi connectivity index (χ1) is 9.36. The van der Waals surface area contributed by atoms with E-state index in [1.54, 1.807) is 11.8 Å². The van der Waals surface area contributed by atoms with Gasteiger partial charge >= 0.3 is 5.69 Å². The maximum Gasteiger partial charge on any atom is 0.304 e. The molecule has 0 radical (unpaired) electrons. The van der Waals surface area contributed by atoms with Gasteiger partial charge in [0.2, 0.25) is 5.91 Å². The summed E-state index contributed by atoms with van der Waals surface area (Å²) in [6, 6.07) is 1.35. The van der Waals surface area contributed by atoms with Gasteiger partial charge in [-0.1, -0.05) is 13.3 Å². The first-order valence-corrected chi connectivity index (χ1v) is 7.17. The van der Waals surface area contributed by atoms with Gasteiger partial charge in [0.05, 0.1) is 17.6 Å². The van der Waals surface area contributed by atoms with Crippen LogP contribution in [0, 0.1) is 10.1 Å². The van der Waals surface area contributed by atoms with E-state index in [0.717, 1.165) is 24.2 Å². The molecule has 1 heterocycles. The first-order valence-electron chi connectivity index (χ1n) is 6.36. The van der Waals surface area contributed by atoms with Crippen molar-refractivity contribution in [1.29, 1.82) is 0 Å². The number of aliphatic hydroxyl groups is 1. The first kappa shape index (κ1) is 16.4. The fourth-order valence-electron chi connectivity index (χ4n) is 1.74. The average Bonchev–Trinajstić information content (AvgIpc) is 2.79. The summed E-state index contributed by atoms with van der Waals surface area (Å²) in [6.07, 6.45) is 0.915. The lowest BCUT2D eigenvalue weighted by Gasteiger charge is -2.20. The molecule has 1 rings (SSSR count). The van der Waals surface area contributed by atoms with Gasteiger partial charge in [-0.15, -0.1) is 11.3 Å². The maximum atomic E-state index is 11.1. The third kappa shape index (κ3) is 4.17. The molecular weight excluding hydrogens is 282 g/mol. The van der Waals surface area contributed by atoms with Gasteiger partial charge in [0.25, 0.3) is 0 Å². The van der Waals surface area contributed by atoms with Gasteiger partial charge in [-0.2, -0.15) is 0 Å². The van der Waals surface area contributed by atoms with Crippen LogP contribution < -0.4 is 10.6 Å². The fourth-order valence-corrected chi connectivity index (χ4v) is 2.83. The zero-order valence-corrected chi connectivity index (χ0v) is 12.4. The van der Waals surface area contributed by atoms with E-state index in [-0.39, 0.29) is 12.2 Å². The maximum absolute atomic E-state index is 11.1. The number of hydrogen-bond acceptors (Lipinski definition) is 6. The molecule has 0 bridgehead atoms. The van der Waals surface area contributed by atoms with Crippen molar-refractivity contribution < 1.29 is 14.8 Å². The summed E-state index contributed by atoms with van der Waals surface area (Å²) in [7, 11) is 0. The highest BCUT2D eigenvalue weighted by Crippen LogP contribution is 2.40. The predicted octanol–water partition coefficient (Wildman–Crippen LogP) is 1.80. The van der Waals surface area contributed by atoms with E-state index in [0.29, 0.717) is 16.4 Å². The van der Waals surface area contributed by atoms with Crippen molar-refractivity contribution in [1.82, 2.24) is 0 Å². The number of thiophene rings is 1. The van der Waals surface area contributed by atoms with Crippen LogP contribution in [0.1, 0.15) is 37.7 Å². The number of carbonyl (C=O) groups is 1. The second-order valence-electron chi connectivity index (χ2n) is 4.51. The van der Waals surface area contributed by atoms with E-state index < -0.39 is 16.9 Å². The minimum absolute atomic E-state index is 0.0688. The topological polar surface area (TPSA) is 110 Å². The number of rotatable bonds is 8. The Morgan fingerprint density at radius 3 is 2.75 bits per heavy atom. The molecule has 0 aliphatic carbocycles. The molecule has 0 aliphatic rings. The van der Waals surface area contributed by atoms with Crippen molar-refractivity contribution in [3.05, 3.63) is 21.1 Å². The van der Waals surface area contributed by atoms with Crippen LogP contribution in [0.2, 0.25) is 0 Å². The predicted molar refractivity (Wildman–Crippen MR) is 77.9 cm³/mol. The Bertz CT molecular complexity index is 487. The lowest BCUT2D eigenvalue weighted by molar-refractivity contribution is -0.383. The summed E-state index contributed by atoms with van der Waals surface area (Å²) in [5, 5.41) is 21.0. The molecule has 0 spiro atoms. The Morgan fingerprint density at radius 2 is 2.30 bits per heavy atom. The summed E-state index contributed by atoms with van der Waals surface area (Å²) in [5.74, 6) is -0.539. The number of unbranched alkanes of at least 4 members (excludes halogenated alkanes) is 1. The van der Waals surface area contributed by atoms with Crippen molar-refractivity contribution in [3.63, 3.8) is 0 Å². The number of primary amides is 1. The van der Waals surface area contributed by atoms with E-state index in [4.69, 9.17) is 5.73 Å². The number of carbonyl (C=O) groups excluding carboxylic acids is 1. The Kier molecular flexibility index (Phi) is 5.90. The molecular formula is C12H19N3O4S. The van der Waals surface area contributed by atoms with Crippen LogP contribution >= 0.6 is 11.3 Å². The van der Waals surface area contributed by atoms with Gasteiger partial charge in [-0.25, -0.2) is 0 Å². The second-order valence-corrected chi connectivity index (χ2v) is 5.58. The lowest BCUT2D eigenvalue weighted by atomic mass is 10.3. The molecule has 1 amide bonds. The van der Waals surface area contributed by atoms with E-state index in [1.807, 2.05) is 6.92 Å². The third-order valence-corrected chi connectivity index (χ3v) is 4.09. The molecule has 1 atom stereocenters. The van der Waals surface area contributed by atoms with E-state index >= 15 is 0 Å². The number of aliphatic hydroxyl groups excluding tert-OH is 1. The van der Waals surface area contributed by atoms with Gasteiger partial charge in [-0.05, 0) is 13.3 Å². The van der Waals surface area contributed by atoms with Crippen molar-refractivity contribution in [2.45, 2.75) is 32.8 Å². The van der Waals surface area contributed by atoms with Crippen LogP contribution in [0.4, 0.5) is 10.7 Å². The molecule has 0 saturated carbocycles. The van der Waals surface area contributed by atoms with E-state index in [9.17, 15) is 20.0 Å². The Labute approximate surface area is 121 Å². The van der Waals surface area contributed by atoms with Gasteiger partial charge in [-0.3, -0.25) is 14.9 Å². The largest absolute Gasteiger partial charge is 0.388 e. The molecule has 7 nitrogen and oxygen atoms in total. The quantitative estimate of drug-likeness (QED) is 0.562. The molecule has 1 aromatic rings. The summed E-state index contributed by atoms with van der Waals surface area (Å²) in [4.78, 5) is 23.9. The monoisotopic (exact) mass is 301 g/mol. The normalized spacial score (nSPS) is 12.2. The highest BCUT2D eigenvalue weighted by molar-refractivity contribution is 7.16. The number of anilines is 1. The van der Waals surface area contributed by atoms with Crippen LogP contribution in [-0.2, 0) is 4.79 Å². The minimum Gasteiger partial charge on any atom is -0.388 e. The SMILES string of the molecule is CCCCN(CC(N)=O)c1sc([C@@H](C)O)cc1[N+](=O)[O-]. The van der Waals surface area contributed by atoms with Crippen molar-refractivity contribution in [3.8, 4) is 0 Å². The van der Waals surface area contributed by atoms with E-state index in [2.05, 4.69) is 0 Å². The smallest absolute Gasteiger partial charge is 0.304 e. The number of nitrogens with zero attached hydrogens (tertiary/aromatic N) is 2. The fraction of sp³-hybridized carbons (Fsp3) is 0.583. The summed E-state index contributed by atoms with van der Waals surface area (Å²) in [6.45, 7) is 3.98. The van der Waals surface area contributed by atoms with Gasteiger partial charge in [0.15, 0.2) is 5.00 Å². The second kappa shape index (κ2) is 7.20. The zero-order valence-electron chi connectivity index (χ0n) is 11.5. The highest BCUT2D eigenvalue weighted by Gasteiger charge is 2.26. The summed E-state index contributed by atoms with van der Waals surface area (Å²) < 4.78 is 0. The zero-order chi connectivity index (χ0) is 15.3.